The van der Waals surface area contributed by atoms with Crippen LogP contribution in [0.5, 0.6) is 17.2 Å². The smallest absolute Gasteiger partial charge is 0.165 e. The third kappa shape index (κ3) is 6.48. The number of halogens is 1. The first-order valence-electron chi connectivity index (χ1n) is 11.6. The van der Waals surface area contributed by atoms with Gasteiger partial charge in [0.05, 0.1) is 13.7 Å². The van der Waals surface area contributed by atoms with Gasteiger partial charge in [-0.2, -0.15) is 5.10 Å². The van der Waals surface area contributed by atoms with Gasteiger partial charge in [0.25, 0.3) is 0 Å². The Morgan fingerprint density at radius 3 is 2.59 bits per heavy atom. The minimum atomic E-state index is -0.957. The van der Waals surface area contributed by atoms with Crippen molar-refractivity contribution in [2.24, 2.45) is 0 Å². The first kappa shape index (κ1) is 24.0. The third-order valence-corrected chi connectivity index (χ3v) is 6.10. The molecule has 2 heterocycles. The number of rotatable bonds is 11. The van der Waals surface area contributed by atoms with Crippen molar-refractivity contribution in [3.05, 3.63) is 72.3 Å². The summed E-state index contributed by atoms with van der Waals surface area (Å²) in [6.45, 7) is 3.65. The molecule has 0 saturated carbocycles. The maximum absolute atomic E-state index is 13.8. The Morgan fingerprint density at radius 1 is 1.03 bits per heavy atom. The van der Waals surface area contributed by atoms with Gasteiger partial charge >= 0.3 is 0 Å². The van der Waals surface area contributed by atoms with Gasteiger partial charge in [0.2, 0.25) is 0 Å². The Morgan fingerprint density at radius 2 is 1.85 bits per heavy atom. The molecular weight excluding hydrogens is 437 g/mol. The molecule has 1 aliphatic heterocycles. The number of methoxy groups -OCH3 is 1. The van der Waals surface area contributed by atoms with Crippen molar-refractivity contribution in [1.29, 1.82) is 0 Å². The number of hydrogen-bond acceptors (Lipinski definition) is 6. The number of aryl methyl sites for hydroxylation is 1. The molecule has 0 atom stereocenters. The summed E-state index contributed by atoms with van der Waals surface area (Å²) in [5.74, 6) is 1.20. The second-order valence-corrected chi connectivity index (χ2v) is 8.68. The Labute approximate surface area is 199 Å². The maximum atomic E-state index is 13.8. The first-order chi connectivity index (χ1) is 16.5. The average molecular weight is 470 g/mol. The van der Waals surface area contributed by atoms with E-state index in [0.29, 0.717) is 25.2 Å². The number of aliphatic hydroxyl groups is 1. The molecule has 0 unspecified atom stereocenters. The summed E-state index contributed by atoms with van der Waals surface area (Å²) in [6, 6.07) is 14.2. The van der Waals surface area contributed by atoms with E-state index in [1.807, 2.05) is 35.1 Å². The molecule has 3 aromatic rings. The summed E-state index contributed by atoms with van der Waals surface area (Å²) in [5.41, 5.74) is 0.164. The van der Waals surface area contributed by atoms with E-state index >= 15 is 0 Å². The van der Waals surface area contributed by atoms with Crippen LogP contribution in [0.3, 0.4) is 0 Å². The van der Waals surface area contributed by atoms with Crippen molar-refractivity contribution in [2.45, 2.75) is 38.0 Å². The van der Waals surface area contributed by atoms with Gasteiger partial charge in [-0.3, -0.25) is 9.58 Å². The van der Waals surface area contributed by atoms with Gasteiger partial charge in [-0.25, -0.2) is 4.39 Å². The Hall–Kier alpha value is -3.10. The van der Waals surface area contributed by atoms with E-state index in [4.69, 9.17) is 14.2 Å². The summed E-state index contributed by atoms with van der Waals surface area (Å²) >= 11 is 0. The summed E-state index contributed by atoms with van der Waals surface area (Å²) in [6.07, 6.45) is 5.68. The van der Waals surface area contributed by atoms with Gasteiger partial charge in [0, 0.05) is 45.0 Å². The van der Waals surface area contributed by atoms with E-state index in [0.717, 1.165) is 43.9 Å². The molecule has 1 N–H and O–H groups in total. The van der Waals surface area contributed by atoms with Crippen LogP contribution >= 0.6 is 0 Å². The zero-order chi connectivity index (χ0) is 23.8. The van der Waals surface area contributed by atoms with Gasteiger partial charge in [0.1, 0.15) is 12.2 Å². The number of para-hydroxylation sites is 1. The Kier molecular flexibility index (Phi) is 8.03. The predicted molar refractivity (Wildman–Crippen MR) is 127 cm³/mol. The van der Waals surface area contributed by atoms with Gasteiger partial charge in [0.15, 0.2) is 23.1 Å². The van der Waals surface area contributed by atoms with E-state index in [-0.39, 0.29) is 12.4 Å². The average Bonchev–Trinajstić information content (AvgIpc) is 3.37. The fourth-order valence-electron chi connectivity index (χ4n) is 4.08. The molecule has 1 aromatic heterocycles. The lowest BCUT2D eigenvalue weighted by molar-refractivity contribution is -0.0543. The van der Waals surface area contributed by atoms with Gasteiger partial charge < -0.3 is 19.3 Å². The molecule has 1 aliphatic rings. The molecule has 8 heteroatoms. The normalized spacial score (nSPS) is 15.7. The van der Waals surface area contributed by atoms with Gasteiger partial charge in [-0.05, 0) is 48.7 Å². The van der Waals surface area contributed by atoms with E-state index in [1.54, 1.807) is 31.5 Å². The van der Waals surface area contributed by atoms with Crippen molar-refractivity contribution in [2.75, 3.05) is 33.4 Å². The lowest BCUT2D eigenvalue weighted by Gasteiger charge is -2.38. The van der Waals surface area contributed by atoms with Crippen LogP contribution in [0.1, 0.15) is 24.8 Å². The van der Waals surface area contributed by atoms with Crippen LogP contribution in [0.4, 0.5) is 4.39 Å². The van der Waals surface area contributed by atoms with Crippen LogP contribution in [-0.2, 0) is 13.1 Å². The van der Waals surface area contributed by atoms with Crippen LogP contribution in [-0.4, -0.2) is 58.8 Å². The van der Waals surface area contributed by atoms with Crippen LogP contribution < -0.4 is 14.2 Å². The highest BCUT2D eigenvalue weighted by Gasteiger charge is 2.33. The lowest BCUT2D eigenvalue weighted by Crippen LogP contribution is -2.47. The van der Waals surface area contributed by atoms with Crippen LogP contribution in [0.25, 0.3) is 0 Å². The van der Waals surface area contributed by atoms with Crippen molar-refractivity contribution in [3.63, 3.8) is 0 Å². The molecule has 1 saturated heterocycles. The van der Waals surface area contributed by atoms with Crippen molar-refractivity contribution >= 4 is 0 Å². The molecule has 2 aromatic carbocycles. The molecule has 0 aliphatic carbocycles. The highest BCUT2D eigenvalue weighted by Crippen LogP contribution is 2.30. The minimum Gasteiger partial charge on any atom is -0.493 e. The highest BCUT2D eigenvalue weighted by atomic mass is 19.1. The Bertz CT molecular complexity index is 1040. The topological polar surface area (TPSA) is 69.0 Å². The largest absolute Gasteiger partial charge is 0.493 e. The molecule has 0 bridgehead atoms. The predicted octanol–water partition coefficient (Wildman–Crippen LogP) is 3.91. The first-order valence-corrected chi connectivity index (χ1v) is 11.6. The summed E-state index contributed by atoms with van der Waals surface area (Å²) in [4.78, 5) is 2.29. The van der Waals surface area contributed by atoms with Gasteiger partial charge in [-0.1, -0.05) is 18.2 Å². The highest BCUT2D eigenvalue weighted by molar-refractivity contribution is 5.43. The fourth-order valence-corrected chi connectivity index (χ4v) is 4.08. The molecule has 7 nitrogen and oxygen atoms in total. The molecule has 1 fully saturated rings. The minimum absolute atomic E-state index is 0.0842. The van der Waals surface area contributed by atoms with E-state index in [9.17, 15) is 9.50 Å². The Balaban J connectivity index is 1.26. The molecular formula is C26H32FN3O4. The van der Waals surface area contributed by atoms with Crippen LogP contribution in [0, 0.1) is 5.82 Å². The number of piperidine rings is 1. The van der Waals surface area contributed by atoms with Crippen molar-refractivity contribution in [3.8, 4) is 17.2 Å². The molecule has 0 amide bonds. The van der Waals surface area contributed by atoms with E-state index in [2.05, 4.69) is 10.00 Å². The van der Waals surface area contributed by atoms with Crippen molar-refractivity contribution < 1.29 is 23.7 Å². The molecule has 0 radical (unpaired) electrons. The van der Waals surface area contributed by atoms with E-state index < -0.39 is 11.4 Å². The second kappa shape index (κ2) is 11.4. The third-order valence-electron chi connectivity index (χ3n) is 6.10. The standard InChI is InChI=1S/C26H32FN3O4/c1-32-24-9-8-21(18-25(24)33-17-5-14-30-13-4-12-28-30)19-29-15-10-26(31,11-16-29)20-34-23-7-3-2-6-22(23)27/h2-4,6-9,12-13,18,31H,5,10-11,14-17,19-20H2,1H3. The number of benzene rings is 2. The second-order valence-electron chi connectivity index (χ2n) is 8.68. The quantitative estimate of drug-likeness (QED) is 0.430. The van der Waals surface area contributed by atoms with Crippen molar-refractivity contribution in [1.82, 2.24) is 14.7 Å². The monoisotopic (exact) mass is 469 g/mol. The molecule has 4 rings (SSSR count). The van der Waals surface area contributed by atoms with Crippen LogP contribution in [0.2, 0.25) is 0 Å². The summed E-state index contributed by atoms with van der Waals surface area (Å²) in [7, 11) is 1.64. The summed E-state index contributed by atoms with van der Waals surface area (Å²) in [5, 5.41) is 15.1. The number of ether oxygens (including phenoxy) is 3. The van der Waals surface area contributed by atoms with E-state index in [1.165, 1.54) is 6.07 Å². The fraction of sp³-hybridized carbons (Fsp3) is 0.423. The zero-order valence-corrected chi connectivity index (χ0v) is 19.5. The lowest BCUT2D eigenvalue weighted by atomic mass is 9.92. The number of aromatic nitrogens is 2. The molecule has 34 heavy (non-hydrogen) atoms. The zero-order valence-electron chi connectivity index (χ0n) is 19.5. The maximum Gasteiger partial charge on any atom is 0.165 e. The summed E-state index contributed by atoms with van der Waals surface area (Å²) < 4.78 is 32.7. The number of nitrogens with zero attached hydrogens (tertiary/aromatic N) is 3. The molecule has 0 spiro atoms. The molecule has 182 valence electrons. The number of likely N-dealkylation sites (tertiary alicyclic amines) is 1. The van der Waals surface area contributed by atoms with Gasteiger partial charge in [-0.15, -0.1) is 0 Å². The SMILES string of the molecule is COc1ccc(CN2CCC(O)(COc3ccccc3F)CC2)cc1OCCCn1cccn1. The number of hydrogen-bond donors (Lipinski definition) is 1. The van der Waals surface area contributed by atoms with Crippen LogP contribution in [0.15, 0.2) is 60.9 Å².